The summed E-state index contributed by atoms with van der Waals surface area (Å²) in [4.78, 5) is 57.9. The van der Waals surface area contributed by atoms with E-state index >= 15 is 0 Å². The van der Waals surface area contributed by atoms with Gasteiger partial charge in [-0.25, -0.2) is 44.3 Å². The Morgan fingerprint density at radius 2 is 0.852 bits per heavy atom. The average molecular weight is 1560 g/mol. The van der Waals surface area contributed by atoms with Crippen molar-refractivity contribution in [3.63, 3.8) is 0 Å². The Labute approximate surface area is 666 Å². The van der Waals surface area contributed by atoms with E-state index in [9.17, 15) is 0 Å². The number of halogens is 2. The van der Waals surface area contributed by atoms with Crippen LogP contribution in [0.4, 0.5) is 29.1 Å². The number of hydrogen-bond acceptors (Lipinski definition) is 24. The molecule has 14 aromatic heterocycles. The SMILES string of the molecule is Cc1ccn(-c2nc(N)cnc2-c2cc(C)c3ncccc3c2)n1.Cc1ccn(-c2nc(N)cnc2-c2cc(Cl)c3[nH]ncc3c2)n1.Cn1ccc(-c2nc(N)cnc2-c2cc(Cl)c3ncccc3c2)n1.Cn1ccc(-c2nc(N)cnc2-c2ccc3[nH]ncc3c2)n1.Nc1cnc(-c2ccc3ncccc3c2)c(C2CCCC2)n1. The molecule has 0 amide bonds. The highest BCUT2D eigenvalue weighted by Crippen LogP contribution is 2.40. The summed E-state index contributed by atoms with van der Waals surface area (Å²) in [6.45, 7) is 5.88. The molecule has 32 heteroatoms. The lowest BCUT2D eigenvalue weighted by molar-refractivity contribution is 0.696. The van der Waals surface area contributed by atoms with Crippen molar-refractivity contribution in [1.29, 1.82) is 0 Å². The second-order valence-electron chi connectivity index (χ2n) is 27.3. The van der Waals surface area contributed by atoms with Crippen molar-refractivity contribution >= 4 is 107 Å². The molecule has 12 N–H and O–H groups in total. The number of anilines is 5. The number of nitrogens with one attached hydrogen (secondary N) is 2. The Hall–Kier alpha value is -14.9. The van der Waals surface area contributed by atoms with Crippen LogP contribution in [0, 0.1) is 20.8 Å². The first-order valence-corrected chi connectivity index (χ1v) is 37.1. The Balaban J connectivity index is 0.000000108. The minimum absolute atomic E-state index is 0.326. The second-order valence-corrected chi connectivity index (χ2v) is 28.1. The number of aryl methyl sites for hydroxylation is 5. The van der Waals surface area contributed by atoms with E-state index < -0.39 is 0 Å². The summed E-state index contributed by atoms with van der Waals surface area (Å²) in [5.41, 5.74) is 48.7. The maximum absolute atomic E-state index is 6.39. The smallest absolute Gasteiger partial charge is 0.182 e. The topological polar surface area (TPSA) is 426 Å². The number of nitrogens with zero attached hydrogens (tertiary/aromatic N) is 23. The van der Waals surface area contributed by atoms with Gasteiger partial charge in [0.15, 0.2) is 11.6 Å². The highest BCUT2D eigenvalue weighted by atomic mass is 35.5. The molecule has 19 aromatic rings. The molecule has 0 aliphatic heterocycles. The molecule has 5 aromatic carbocycles. The molecule has 14 heterocycles. The number of aromatic nitrogens is 25. The van der Waals surface area contributed by atoms with Crippen molar-refractivity contribution < 1.29 is 0 Å². The zero-order valence-electron chi connectivity index (χ0n) is 62.6. The third-order valence-corrected chi connectivity index (χ3v) is 19.5. The van der Waals surface area contributed by atoms with Crippen LogP contribution in [0.25, 0.3) is 145 Å². The molecule has 0 atom stereocenters. The van der Waals surface area contributed by atoms with E-state index in [-0.39, 0.29) is 0 Å². The van der Waals surface area contributed by atoms with Crippen LogP contribution < -0.4 is 28.7 Å². The number of aromatic amines is 2. The number of nitrogens with two attached hydrogens (primary N) is 5. The van der Waals surface area contributed by atoms with Gasteiger partial charge in [-0.3, -0.25) is 49.5 Å². The summed E-state index contributed by atoms with van der Waals surface area (Å²) in [5, 5.41) is 37.7. The minimum atomic E-state index is 0.326. The van der Waals surface area contributed by atoms with Crippen molar-refractivity contribution in [1.82, 2.24) is 124 Å². The van der Waals surface area contributed by atoms with Crippen LogP contribution in [0.15, 0.2) is 220 Å². The van der Waals surface area contributed by atoms with Gasteiger partial charge in [-0.15, -0.1) is 0 Å². The molecule has 0 spiro atoms. The molecular weight excluding hydrogens is 1490 g/mol. The van der Waals surface area contributed by atoms with E-state index in [0.717, 1.165) is 128 Å². The van der Waals surface area contributed by atoms with Gasteiger partial charge in [0.2, 0.25) is 0 Å². The van der Waals surface area contributed by atoms with E-state index in [1.807, 2.05) is 169 Å². The number of nitrogen functional groups attached to an aromatic ring is 5. The van der Waals surface area contributed by atoms with E-state index in [1.54, 1.807) is 62.1 Å². The molecule has 0 radical (unpaired) electrons. The van der Waals surface area contributed by atoms with Crippen LogP contribution in [-0.2, 0) is 14.1 Å². The summed E-state index contributed by atoms with van der Waals surface area (Å²) < 4.78 is 6.79. The standard InChI is InChI=1S/C18H16N6.C18H18N4.C17H13ClN6.C15H12ClN7.C15H13N7/c1-11-8-14(9-13-4-3-6-20-16(11)13)17-18(22-15(19)10-21-17)24-7-5-12(2)23-24;19-16-11-21-17(18(22-16)12-4-1-2-5-12)14-7-8-15-13(10-14)6-3-9-20-15;1-24-6-4-13(23-24)17-16(21-9-14(19)22-17)11-7-10-3-2-5-20-15(10)12(18)8-11;1-8-2-3-23(22-8)15-14(18-7-12(17)20-15)9-4-10-6-19-21-13(10)11(16)5-9;1-22-5-4-12(21-22)15-14(17-8-13(16)19-15)9-2-3-11-10(6-9)7-18-20-11/h3-10H,1-2H3,(H2,19,22);3,6-12H,1-2,4-5H2,(H2,19,22);2-9H,1H3,(H2,19,22);2-7H,1H3,(H2,17,20)(H,19,21);2-8H,1H3,(H2,16,19)(H,18,20). The van der Waals surface area contributed by atoms with Crippen LogP contribution in [0.2, 0.25) is 10.0 Å². The Bertz CT molecular complexity index is 6620. The van der Waals surface area contributed by atoms with Crippen molar-refractivity contribution in [2.75, 3.05) is 28.7 Å². The van der Waals surface area contributed by atoms with Gasteiger partial charge in [0.05, 0.1) is 115 Å². The molecule has 30 nitrogen and oxygen atoms in total. The number of H-pyrrole nitrogens is 2. The van der Waals surface area contributed by atoms with Crippen molar-refractivity contribution in [2.45, 2.75) is 52.4 Å². The zero-order valence-corrected chi connectivity index (χ0v) is 64.1. The Morgan fingerprint density at radius 3 is 1.45 bits per heavy atom. The molecule has 1 saturated carbocycles. The molecule has 20 rings (SSSR count). The van der Waals surface area contributed by atoms with Crippen LogP contribution in [-0.4, -0.2) is 124 Å². The fourth-order valence-corrected chi connectivity index (χ4v) is 14.2. The largest absolute Gasteiger partial charge is 0.382 e. The molecule has 1 aliphatic carbocycles. The van der Waals surface area contributed by atoms with Gasteiger partial charge in [-0.2, -0.15) is 30.6 Å². The van der Waals surface area contributed by atoms with E-state index in [1.165, 1.54) is 38.1 Å². The first-order chi connectivity index (χ1) is 55.9. The zero-order chi connectivity index (χ0) is 79.4. The van der Waals surface area contributed by atoms with Crippen LogP contribution in [0.1, 0.15) is 54.2 Å². The lowest BCUT2D eigenvalue weighted by atomic mass is 9.97. The van der Waals surface area contributed by atoms with Gasteiger partial charge in [0, 0.05) is 118 Å². The highest BCUT2D eigenvalue weighted by molar-refractivity contribution is 6.36. The maximum atomic E-state index is 6.39. The average Bonchev–Trinajstić information content (AvgIpc) is 1.91. The maximum Gasteiger partial charge on any atom is 0.182 e. The minimum Gasteiger partial charge on any atom is -0.382 e. The van der Waals surface area contributed by atoms with Crippen molar-refractivity contribution in [2.24, 2.45) is 14.1 Å². The van der Waals surface area contributed by atoms with Crippen LogP contribution in [0.5, 0.6) is 0 Å². The first kappa shape index (κ1) is 74.2. The number of fused-ring (bicyclic) bond motifs is 5. The lowest BCUT2D eigenvalue weighted by Crippen LogP contribution is -2.06. The van der Waals surface area contributed by atoms with Crippen molar-refractivity contribution in [3.8, 4) is 90.7 Å². The first-order valence-electron chi connectivity index (χ1n) is 36.4. The van der Waals surface area contributed by atoms with E-state index in [0.29, 0.717) is 85.2 Å². The molecule has 1 fully saturated rings. The molecule has 568 valence electrons. The molecule has 115 heavy (non-hydrogen) atoms. The van der Waals surface area contributed by atoms with Gasteiger partial charge in [-0.05, 0) is 142 Å². The monoisotopic (exact) mass is 1560 g/mol. The fraction of sp³-hybridized carbons (Fsp3) is 0.120. The van der Waals surface area contributed by atoms with E-state index in [4.69, 9.17) is 51.9 Å². The van der Waals surface area contributed by atoms with Gasteiger partial charge < -0.3 is 28.7 Å². The number of benzene rings is 5. The van der Waals surface area contributed by atoms with E-state index in [2.05, 4.69) is 136 Å². The third-order valence-electron chi connectivity index (χ3n) is 18.9. The van der Waals surface area contributed by atoms with Crippen LogP contribution in [0.3, 0.4) is 0 Å². The molecule has 0 unspecified atom stereocenters. The molecule has 1 aliphatic rings. The third kappa shape index (κ3) is 16.2. The Kier molecular flexibility index (Phi) is 20.8. The van der Waals surface area contributed by atoms with Gasteiger partial charge in [0.1, 0.15) is 63.3 Å². The highest BCUT2D eigenvalue weighted by Gasteiger charge is 2.25. The summed E-state index contributed by atoms with van der Waals surface area (Å²) in [5.74, 6) is 3.56. The van der Waals surface area contributed by atoms with Gasteiger partial charge in [0.25, 0.3) is 0 Å². The summed E-state index contributed by atoms with van der Waals surface area (Å²) in [6.07, 6.45) is 28.9. The van der Waals surface area contributed by atoms with Crippen LogP contribution >= 0.6 is 23.2 Å². The quantitative estimate of drug-likeness (QED) is 0.0668. The van der Waals surface area contributed by atoms with Gasteiger partial charge >= 0.3 is 0 Å². The number of rotatable bonds is 10. The lowest BCUT2D eigenvalue weighted by Gasteiger charge is -2.14. The normalized spacial score (nSPS) is 12.0. The molecule has 0 saturated heterocycles. The molecular formula is C83H72Cl2N30. The van der Waals surface area contributed by atoms with Gasteiger partial charge in [-0.1, -0.05) is 66.4 Å². The van der Waals surface area contributed by atoms with Crippen molar-refractivity contribution in [3.05, 3.63) is 253 Å². The molecule has 0 bridgehead atoms. The predicted molar refractivity (Wildman–Crippen MR) is 449 cm³/mol. The second kappa shape index (κ2) is 32.2. The number of hydrogen-bond donors (Lipinski definition) is 7. The summed E-state index contributed by atoms with van der Waals surface area (Å²) in [7, 11) is 3.71. The fourth-order valence-electron chi connectivity index (χ4n) is 13.6. The summed E-state index contributed by atoms with van der Waals surface area (Å²) >= 11 is 12.7. The summed E-state index contributed by atoms with van der Waals surface area (Å²) in [6, 6.07) is 43.4. The Morgan fingerprint density at radius 1 is 0.383 bits per heavy atom. The number of pyridine rings is 3. The predicted octanol–water partition coefficient (Wildman–Crippen LogP) is 15.1.